The molecule has 6 aliphatic heterocycles. The molecule has 36 heteroatoms. The van der Waals surface area contributed by atoms with E-state index in [4.69, 9.17) is 19.8 Å². The largest absolute Gasteiger partial charge is 1.00 e. The van der Waals surface area contributed by atoms with Gasteiger partial charge < -0.3 is 28.6 Å². The molecule has 0 aromatic carbocycles. The first kappa shape index (κ1) is 68.9. The Labute approximate surface area is 465 Å². The molecule has 0 aliphatic carbocycles. The van der Waals surface area contributed by atoms with Crippen LogP contribution in [0.5, 0.6) is 0 Å². The summed E-state index contributed by atoms with van der Waals surface area (Å²) in [6, 6.07) is 0. The Morgan fingerprint density at radius 1 is 0.473 bits per heavy atom. The van der Waals surface area contributed by atoms with Gasteiger partial charge in [0.15, 0.2) is 0 Å². The third-order valence-corrected chi connectivity index (χ3v) is 15.5. The fourth-order valence-corrected chi connectivity index (χ4v) is 11.4. The van der Waals surface area contributed by atoms with Crippen LogP contribution in [0.25, 0.3) is 0 Å². The molecule has 3 fully saturated rings. The van der Waals surface area contributed by atoms with Crippen molar-refractivity contribution >= 4 is 139 Å². The minimum absolute atomic E-state index is 0. The number of likely N-dealkylation sites (tertiary alicyclic amines) is 3. The van der Waals surface area contributed by atoms with Gasteiger partial charge in [0.1, 0.15) is 17.8 Å². The molecule has 0 radical (unpaired) electrons. The topological polar surface area (TPSA) is 384 Å². The Morgan fingerprint density at radius 3 is 1.03 bits per heavy atom. The number of rotatable bonds is 22. The molecular formula is C38H53N6O22P3S4U-2. The summed E-state index contributed by atoms with van der Waals surface area (Å²) < 4.78 is 46.2. The minimum Gasteiger partial charge on any atom is -1.00 e. The van der Waals surface area contributed by atoms with Crippen molar-refractivity contribution in [3.05, 3.63) is 43.9 Å². The van der Waals surface area contributed by atoms with Crippen molar-refractivity contribution in [3.8, 4) is 0 Å². The number of imide groups is 6. The van der Waals surface area contributed by atoms with Crippen molar-refractivity contribution in [1.82, 2.24) is 29.4 Å². The van der Waals surface area contributed by atoms with E-state index in [0.717, 1.165) is 120 Å². The van der Waals surface area contributed by atoms with Crippen molar-refractivity contribution in [2.24, 2.45) is 0 Å². The van der Waals surface area contributed by atoms with Crippen LogP contribution in [0.1, 0.15) is 27.1 Å². The quantitative estimate of drug-likeness (QED) is 0.0273. The predicted molar refractivity (Wildman–Crippen MR) is 264 cm³/mol. The number of carbonyl (C=O) groups is 12. The number of hydrogen-bond donors (Lipinski definition) is 4. The third kappa shape index (κ3) is 23.3. The van der Waals surface area contributed by atoms with Gasteiger partial charge in [-0.2, -0.15) is 0 Å². The Bertz CT molecular complexity index is 2240. The van der Waals surface area contributed by atoms with Gasteiger partial charge in [0.05, 0.1) is 16.4 Å². The van der Waals surface area contributed by atoms with Crippen LogP contribution in [-0.4, -0.2) is 214 Å². The van der Waals surface area contributed by atoms with Crippen LogP contribution in [0.3, 0.4) is 0 Å². The van der Waals surface area contributed by atoms with Gasteiger partial charge in [-0.05, 0) is 0 Å². The second kappa shape index (κ2) is 32.0. The van der Waals surface area contributed by atoms with Gasteiger partial charge in [0.2, 0.25) is 35.4 Å². The summed E-state index contributed by atoms with van der Waals surface area (Å²) >= 11 is 1.93. The summed E-state index contributed by atoms with van der Waals surface area (Å²) in [7, 11) is -8.22. The molecule has 6 heterocycles. The Hall–Kier alpha value is -3.08. The number of thioether (sulfide) groups is 2. The molecule has 5 unspecified atom stereocenters. The average Bonchev–Trinajstić information content (AvgIpc) is 4.10. The summed E-state index contributed by atoms with van der Waals surface area (Å²) in [5.74, 6) is -5.19. The maximum absolute atomic E-state index is 12.1. The van der Waals surface area contributed by atoms with E-state index >= 15 is 0 Å². The maximum atomic E-state index is 12.1. The summed E-state index contributed by atoms with van der Waals surface area (Å²) in [6.45, 7) is 3.09. The molecule has 5 atom stereocenters. The number of amides is 12. The number of aliphatic hydroxyl groups excluding tert-OH is 1. The summed E-state index contributed by atoms with van der Waals surface area (Å²) in [4.78, 5) is 171. The monoisotopic (exact) mass is 1410 g/mol. The molecule has 0 spiro atoms. The SMILES string of the molecule is CP(=O)(O)OCSC1CC(=O)N(CCN2C(=O)C=CC2=O)C1=O.CP(=O)(O)OCSC1CC(=O)N(CCN2C(=O)CCC2=O)C1=O.CP(=O)(O)OCSSCO.O=C1C=CC(=O)N1CCN1C(=O)C=CC1=O.[3H-].[CH3-].[U]. The minimum atomic E-state index is -3.63. The van der Waals surface area contributed by atoms with Crippen molar-refractivity contribution in [1.29, 1.82) is 0 Å². The van der Waals surface area contributed by atoms with E-state index in [0.29, 0.717) is 0 Å². The maximum Gasteiger partial charge on any atom is 0.325 e. The van der Waals surface area contributed by atoms with Crippen molar-refractivity contribution < 1.29 is 137 Å². The standard InChI is InChI=1S/C12H17N2O7PS.C12H15N2O7PS.C10H8N2O4.C3H9O4PS2.CH3.U.H/c2*1-22(19,20)21-7-23-8-6-11(17)14(12(8)18)5-4-13-9(15)2-3-10(13)16;13-7-1-2-8(14)11(7)5-6-12-9(15)3-4-10(12)16;1-8(5,6)7-3-10-9-2-4;;;/h8H,2-7H2,1H3,(H,19,20);2-3,8H,4-7H2,1H3,(H,19,20);1-4H,5-6H2;4H,2-3H2,1H3,(H,5,6);1H3;;/q;;;;-1;;-1/i;;;;;;1+2. The van der Waals surface area contributed by atoms with Crippen LogP contribution in [0.15, 0.2) is 36.5 Å². The normalized spacial score (nSPS) is 21.6. The van der Waals surface area contributed by atoms with E-state index in [1.54, 1.807) is 0 Å². The second-order valence-electron chi connectivity index (χ2n) is 14.9. The Morgan fingerprint density at radius 2 is 0.743 bits per heavy atom. The fraction of sp³-hybridized carbons (Fsp3) is 0.500. The number of nitrogens with zero attached hydrogens (tertiary/aromatic N) is 6. The molecule has 0 aromatic rings. The molecule has 74 heavy (non-hydrogen) atoms. The van der Waals surface area contributed by atoms with Crippen LogP contribution in [0.2, 0.25) is 0 Å². The third-order valence-electron chi connectivity index (χ3n) is 9.50. The van der Waals surface area contributed by atoms with Gasteiger partial charge in [0.25, 0.3) is 35.4 Å². The summed E-state index contributed by atoms with van der Waals surface area (Å²) in [5.41, 5.74) is 0. The molecule has 0 saturated carbocycles. The zero-order valence-electron chi connectivity index (χ0n) is 40.8. The van der Waals surface area contributed by atoms with Crippen LogP contribution in [0.4, 0.5) is 0 Å². The first-order chi connectivity index (χ1) is 33.5. The van der Waals surface area contributed by atoms with E-state index in [9.17, 15) is 71.2 Å². The van der Waals surface area contributed by atoms with Crippen molar-refractivity contribution in [2.45, 2.75) is 36.2 Å². The Balaban J connectivity index is 0.000000999. The van der Waals surface area contributed by atoms with Crippen molar-refractivity contribution in [3.63, 3.8) is 0 Å². The van der Waals surface area contributed by atoms with Gasteiger partial charge in [-0.1, -0.05) is 21.6 Å². The first-order valence-corrected chi connectivity index (χ1v) is 31.2. The van der Waals surface area contributed by atoms with Crippen molar-refractivity contribution in [2.75, 3.05) is 83.0 Å². The fourth-order valence-electron chi connectivity index (χ4n) is 6.07. The van der Waals surface area contributed by atoms with Crippen LogP contribution < -0.4 is 0 Å². The molecule has 12 amide bonds. The number of hydrogen-bond acceptors (Lipinski definition) is 23. The average molecular weight is 1410 g/mol. The van der Waals surface area contributed by atoms with Crippen LogP contribution in [0, 0.1) is 38.5 Å². The summed E-state index contributed by atoms with van der Waals surface area (Å²) in [5, 5.41) is 6.87. The van der Waals surface area contributed by atoms with Gasteiger partial charge in [-0.25, -0.2) is 0 Å². The molecule has 412 valence electrons. The van der Waals surface area contributed by atoms with Gasteiger partial charge in [-0.3, -0.25) is 114 Å². The smallest absolute Gasteiger partial charge is 0.325 e. The van der Waals surface area contributed by atoms with Crippen LogP contribution >= 0.6 is 67.9 Å². The summed E-state index contributed by atoms with van der Waals surface area (Å²) in [6.07, 6.45) is 7.14. The molecule has 0 bridgehead atoms. The molecule has 3 saturated heterocycles. The molecular weight excluding hydrogens is 1350 g/mol. The van der Waals surface area contributed by atoms with Gasteiger partial charge >= 0.3 is 22.8 Å². The number of carbonyl (C=O) groups excluding carboxylic acids is 12. The molecule has 0 aromatic heterocycles. The van der Waals surface area contributed by atoms with Gasteiger partial charge in [-0.15, -0.1) is 23.5 Å². The zero-order chi connectivity index (χ0) is 54.1. The van der Waals surface area contributed by atoms with Crippen LogP contribution in [-0.2, 0) is 84.8 Å². The predicted octanol–water partition coefficient (Wildman–Crippen LogP) is -0.147. The van der Waals surface area contributed by atoms with Gasteiger partial charge in [0, 0.05) is 153 Å². The molecule has 28 nitrogen and oxygen atoms in total. The molecule has 6 rings (SSSR count). The molecule has 6 aliphatic rings. The first-order valence-electron chi connectivity index (χ1n) is 20.6. The van der Waals surface area contributed by atoms with E-state index in [1.165, 1.54) is 10.8 Å². The van der Waals surface area contributed by atoms with E-state index < -0.39 is 92.4 Å². The number of aliphatic hydroxyl groups is 1. The second-order valence-corrected chi connectivity index (χ2v) is 25.2. The zero-order valence-corrected chi connectivity index (χ0v) is 49.9. The van der Waals surface area contributed by atoms with E-state index in [2.05, 4.69) is 13.6 Å². The molecule has 4 N–H and O–H groups in total. The Kier molecular flexibility index (Phi) is 29.8. The van der Waals surface area contributed by atoms with E-state index in [-0.39, 0.29) is 140 Å². The van der Waals surface area contributed by atoms with E-state index in [1.807, 2.05) is 0 Å².